The normalized spacial score (nSPS) is 14.8. The lowest BCUT2D eigenvalue weighted by Crippen LogP contribution is -2.15. The van der Waals surface area contributed by atoms with Crippen molar-refractivity contribution in [3.8, 4) is 11.4 Å². The minimum Gasteiger partial charge on any atom is -0.478 e. The number of aromatic nitrogens is 3. The minimum atomic E-state index is -0.903. The Morgan fingerprint density at radius 2 is 2.18 bits per heavy atom. The molecule has 1 aromatic heterocycles. The first kappa shape index (κ1) is 14.8. The summed E-state index contributed by atoms with van der Waals surface area (Å²) in [5, 5.41) is 16.6. The lowest BCUT2D eigenvalue weighted by atomic mass is 9.79. The monoisotopic (exact) mass is 299 g/mol. The maximum Gasteiger partial charge on any atom is 0.335 e. The molecule has 1 saturated carbocycles. The molecule has 0 atom stereocenters. The molecule has 22 heavy (non-hydrogen) atoms. The van der Waals surface area contributed by atoms with Crippen LogP contribution >= 0.6 is 0 Å². The summed E-state index contributed by atoms with van der Waals surface area (Å²) in [6.45, 7) is 3.87. The maximum absolute atomic E-state index is 11.4. The molecule has 5 heteroatoms. The standard InChI is InChI=1S/C17H21N3O2/c1-3-15-18-16(20-19-15)14-9-13(17(21)22)10(2)7-12(14)8-11-5-4-6-11/h7,9,11H,3-6,8H2,1-2H3,(H,21,22)(H,18,19,20). The van der Waals surface area contributed by atoms with Gasteiger partial charge in [-0.15, -0.1) is 0 Å². The van der Waals surface area contributed by atoms with Crippen molar-refractivity contribution in [1.29, 1.82) is 0 Å². The summed E-state index contributed by atoms with van der Waals surface area (Å²) < 4.78 is 0. The molecule has 0 saturated heterocycles. The molecule has 0 radical (unpaired) electrons. The zero-order valence-corrected chi connectivity index (χ0v) is 13.0. The minimum absolute atomic E-state index is 0.329. The fourth-order valence-electron chi connectivity index (χ4n) is 2.96. The van der Waals surface area contributed by atoms with Crippen molar-refractivity contribution in [3.05, 3.63) is 34.6 Å². The van der Waals surface area contributed by atoms with E-state index in [2.05, 4.69) is 15.2 Å². The Kier molecular flexibility index (Phi) is 3.96. The van der Waals surface area contributed by atoms with Crippen LogP contribution in [0.4, 0.5) is 0 Å². The number of hydrogen-bond donors (Lipinski definition) is 2. The number of carboxylic acids is 1. The van der Waals surface area contributed by atoms with Crippen LogP contribution in [0.15, 0.2) is 12.1 Å². The average molecular weight is 299 g/mol. The van der Waals surface area contributed by atoms with Crippen LogP contribution < -0.4 is 0 Å². The van der Waals surface area contributed by atoms with Gasteiger partial charge in [0.1, 0.15) is 5.82 Å². The second-order valence-corrected chi connectivity index (χ2v) is 6.09. The number of aryl methyl sites for hydroxylation is 2. The Balaban J connectivity index is 2.06. The second-order valence-electron chi connectivity index (χ2n) is 6.09. The molecule has 1 aromatic carbocycles. The first-order valence-electron chi connectivity index (χ1n) is 7.87. The molecule has 1 fully saturated rings. The van der Waals surface area contributed by atoms with Gasteiger partial charge >= 0.3 is 5.97 Å². The molecule has 116 valence electrons. The lowest BCUT2D eigenvalue weighted by molar-refractivity contribution is 0.0696. The van der Waals surface area contributed by atoms with E-state index in [-0.39, 0.29) is 0 Å². The van der Waals surface area contributed by atoms with Crippen LogP contribution in [0, 0.1) is 12.8 Å². The number of benzene rings is 1. The van der Waals surface area contributed by atoms with Crippen LogP contribution in [0.3, 0.4) is 0 Å². The average Bonchev–Trinajstić information content (AvgIpc) is 2.91. The molecular weight excluding hydrogens is 278 g/mol. The molecule has 0 amide bonds. The van der Waals surface area contributed by atoms with Crippen LogP contribution in [0.5, 0.6) is 0 Å². The van der Waals surface area contributed by atoms with E-state index in [1.54, 1.807) is 6.07 Å². The molecule has 1 heterocycles. The third-order valence-corrected chi connectivity index (χ3v) is 4.52. The summed E-state index contributed by atoms with van der Waals surface area (Å²) in [4.78, 5) is 15.9. The van der Waals surface area contributed by atoms with E-state index >= 15 is 0 Å². The van der Waals surface area contributed by atoms with E-state index in [0.717, 1.165) is 35.4 Å². The largest absolute Gasteiger partial charge is 0.478 e. The topological polar surface area (TPSA) is 78.9 Å². The number of rotatable bonds is 5. The highest BCUT2D eigenvalue weighted by Gasteiger charge is 2.22. The van der Waals surface area contributed by atoms with Crippen molar-refractivity contribution in [2.45, 2.75) is 46.0 Å². The van der Waals surface area contributed by atoms with Gasteiger partial charge in [0.2, 0.25) is 0 Å². The van der Waals surface area contributed by atoms with Gasteiger partial charge in [0.25, 0.3) is 0 Å². The first-order valence-corrected chi connectivity index (χ1v) is 7.87. The number of aromatic amines is 1. The highest BCUT2D eigenvalue weighted by atomic mass is 16.4. The second kappa shape index (κ2) is 5.91. The van der Waals surface area contributed by atoms with Gasteiger partial charge in [0.05, 0.1) is 5.56 Å². The maximum atomic E-state index is 11.4. The highest BCUT2D eigenvalue weighted by molar-refractivity contribution is 5.91. The summed E-state index contributed by atoms with van der Waals surface area (Å²) in [6.07, 6.45) is 5.57. The molecule has 1 aliphatic carbocycles. The van der Waals surface area contributed by atoms with Crippen LogP contribution in [0.2, 0.25) is 0 Å². The number of nitrogens with one attached hydrogen (secondary N) is 1. The molecular formula is C17H21N3O2. The quantitative estimate of drug-likeness (QED) is 0.887. The third kappa shape index (κ3) is 2.75. The molecule has 0 bridgehead atoms. The Labute approximate surface area is 129 Å². The molecule has 2 aromatic rings. The first-order chi connectivity index (χ1) is 10.6. The van der Waals surface area contributed by atoms with E-state index in [0.29, 0.717) is 17.3 Å². The zero-order chi connectivity index (χ0) is 15.7. The van der Waals surface area contributed by atoms with Gasteiger partial charge in [0.15, 0.2) is 5.82 Å². The summed E-state index contributed by atoms with van der Waals surface area (Å²) in [6, 6.07) is 3.73. The summed E-state index contributed by atoms with van der Waals surface area (Å²) in [7, 11) is 0. The fraction of sp³-hybridized carbons (Fsp3) is 0.471. The molecule has 1 aliphatic rings. The number of aromatic carboxylic acids is 1. The van der Waals surface area contributed by atoms with E-state index in [1.165, 1.54) is 19.3 Å². The van der Waals surface area contributed by atoms with Crippen molar-refractivity contribution >= 4 is 5.97 Å². The Hall–Kier alpha value is -2.17. The zero-order valence-electron chi connectivity index (χ0n) is 13.0. The van der Waals surface area contributed by atoms with Gasteiger partial charge in [-0.2, -0.15) is 5.10 Å². The van der Waals surface area contributed by atoms with Crippen molar-refractivity contribution in [1.82, 2.24) is 15.2 Å². The number of carboxylic acid groups (broad SMARTS) is 1. The fourth-order valence-corrected chi connectivity index (χ4v) is 2.96. The van der Waals surface area contributed by atoms with E-state index in [9.17, 15) is 9.90 Å². The van der Waals surface area contributed by atoms with E-state index in [1.807, 2.05) is 19.9 Å². The van der Waals surface area contributed by atoms with Gasteiger partial charge in [-0.1, -0.05) is 32.3 Å². The van der Waals surface area contributed by atoms with Gasteiger partial charge in [0, 0.05) is 12.0 Å². The van der Waals surface area contributed by atoms with Crippen molar-refractivity contribution in [2.75, 3.05) is 0 Å². The summed E-state index contributed by atoms with van der Waals surface area (Å²) in [5.41, 5.74) is 3.15. The van der Waals surface area contributed by atoms with E-state index in [4.69, 9.17) is 0 Å². The Morgan fingerprint density at radius 1 is 1.41 bits per heavy atom. The molecule has 0 spiro atoms. The number of carbonyl (C=O) groups is 1. The predicted molar refractivity (Wildman–Crippen MR) is 83.9 cm³/mol. The third-order valence-electron chi connectivity index (χ3n) is 4.52. The van der Waals surface area contributed by atoms with Gasteiger partial charge < -0.3 is 5.11 Å². The van der Waals surface area contributed by atoms with Gasteiger partial charge in [-0.05, 0) is 36.5 Å². The molecule has 3 rings (SSSR count). The van der Waals surface area contributed by atoms with Crippen molar-refractivity contribution in [2.24, 2.45) is 5.92 Å². The van der Waals surface area contributed by atoms with Gasteiger partial charge in [-0.25, -0.2) is 9.78 Å². The van der Waals surface area contributed by atoms with Crippen LogP contribution in [0.1, 0.15) is 53.5 Å². The number of hydrogen-bond acceptors (Lipinski definition) is 3. The molecule has 0 unspecified atom stereocenters. The molecule has 5 nitrogen and oxygen atoms in total. The van der Waals surface area contributed by atoms with Crippen molar-refractivity contribution in [3.63, 3.8) is 0 Å². The molecule has 0 aliphatic heterocycles. The summed E-state index contributed by atoms with van der Waals surface area (Å²) >= 11 is 0. The van der Waals surface area contributed by atoms with Crippen molar-refractivity contribution < 1.29 is 9.90 Å². The van der Waals surface area contributed by atoms with Crippen LogP contribution in [0.25, 0.3) is 11.4 Å². The van der Waals surface area contributed by atoms with Crippen LogP contribution in [-0.2, 0) is 12.8 Å². The number of nitrogens with zero attached hydrogens (tertiary/aromatic N) is 2. The SMILES string of the molecule is CCc1nc(-c2cc(C(=O)O)c(C)cc2CC2CCC2)n[nH]1. The van der Waals surface area contributed by atoms with Crippen LogP contribution in [-0.4, -0.2) is 26.3 Å². The Morgan fingerprint density at radius 3 is 2.73 bits per heavy atom. The van der Waals surface area contributed by atoms with Gasteiger partial charge in [-0.3, -0.25) is 5.10 Å². The smallest absolute Gasteiger partial charge is 0.335 e. The van der Waals surface area contributed by atoms with E-state index < -0.39 is 5.97 Å². The summed E-state index contributed by atoms with van der Waals surface area (Å²) in [5.74, 6) is 1.23. The predicted octanol–water partition coefficient (Wildman–Crippen LogP) is 3.38. The molecule has 2 N–H and O–H groups in total. The lowest BCUT2D eigenvalue weighted by Gasteiger charge is -2.26. The Bertz CT molecular complexity index is 702. The highest BCUT2D eigenvalue weighted by Crippen LogP contribution is 2.34. The number of H-pyrrole nitrogens is 1.